The second-order valence-corrected chi connectivity index (χ2v) is 6.67. The van der Waals surface area contributed by atoms with E-state index in [4.69, 9.17) is 21.5 Å². The molecule has 1 aliphatic rings. The number of primary sulfonamides is 1. The summed E-state index contributed by atoms with van der Waals surface area (Å²) >= 11 is 3.88. The predicted molar refractivity (Wildman–Crippen MR) is 82.8 cm³/mol. The van der Waals surface area contributed by atoms with Crippen molar-refractivity contribution in [3.8, 4) is 5.75 Å². The standard InChI is InChI=1S/C10H11ClN4O5S2/c1-2-20-10-9(14-21(17)15-10)13-6-4-3-5(11)8(7(6)16)22(12,18)19/h3-4,16H,2H2,1H3,(H,13,14)(H2,12,18,19). The quantitative estimate of drug-likeness (QED) is 0.665. The largest absolute Gasteiger partial charge is 0.504 e. The molecule has 0 fully saturated rings. The highest BCUT2D eigenvalue weighted by Crippen LogP contribution is 2.36. The first-order chi connectivity index (χ1) is 10.2. The van der Waals surface area contributed by atoms with E-state index < -0.39 is 31.8 Å². The number of hydrogen-bond donors (Lipinski definition) is 3. The van der Waals surface area contributed by atoms with Gasteiger partial charge in [0.1, 0.15) is 4.90 Å². The number of nitrogens with zero attached hydrogens (tertiary/aromatic N) is 2. The number of halogens is 1. The summed E-state index contributed by atoms with van der Waals surface area (Å²) in [5.41, 5.74) is -0.0570. The van der Waals surface area contributed by atoms with E-state index in [1.54, 1.807) is 6.92 Å². The number of anilines is 1. The number of hydrogen-bond acceptors (Lipinski definition) is 6. The van der Waals surface area contributed by atoms with Gasteiger partial charge in [-0.15, -0.1) is 8.80 Å². The highest BCUT2D eigenvalue weighted by molar-refractivity contribution is 7.89. The molecular weight excluding hydrogens is 356 g/mol. The lowest BCUT2D eigenvalue weighted by Gasteiger charge is -2.12. The number of phenols is 1. The van der Waals surface area contributed by atoms with Crippen molar-refractivity contribution in [2.45, 2.75) is 11.8 Å². The highest BCUT2D eigenvalue weighted by atomic mass is 35.5. The number of ether oxygens (including phenoxy) is 1. The van der Waals surface area contributed by atoms with Gasteiger partial charge >= 0.3 is 0 Å². The van der Waals surface area contributed by atoms with E-state index in [9.17, 15) is 17.7 Å². The minimum atomic E-state index is -4.24. The van der Waals surface area contributed by atoms with Crippen LogP contribution in [0.5, 0.6) is 5.75 Å². The van der Waals surface area contributed by atoms with Crippen LogP contribution < -0.4 is 10.5 Å². The molecule has 0 amide bonds. The molecule has 0 saturated carbocycles. The molecule has 1 aromatic rings. The second kappa shape index (κ2) is 6.20. The Balaban J connectivity index is 2.42. The zero-order valence-corrected chi connectivity index (χ0v) is 13.5. The first kappa shape index (κ1) is 16.7. The molecule has 1 heterocycles. The zero-order valence-electron chi connectivity index (χ0n) is 11.1. The Morgan fingerprint density at radius 1 is 1.45 bits per heavy atom. The van der Waals surface area contributed by atoms with E-state index in [2.05, 4.69) is 14.1 Å². The Labute approximate surface area is 133 Å². The van der Waals surface area contributed by atoms with E-state index in [-0.39, 0.29) is 29.1 Å². The third-order valence-electron chi connectivity index (χ3n) is 2.44. The Hall–Kier alpha value is -1.69. The van der Waals surface area contributed by atoms with Gasteiger partial charge in [-0.05, 0) is 19.1 Å². The van der Waals surface area contributed by atoms with Crippen LogP contribution in [-0.4, -0.2) is 36.1 Å². The lowest BCUT2D eigenvalue weighted by molar-refractivity contribution is 0.335. The minimum absolute atomic E-state index is 0.0156. The molecule has 1 aliphatic heterocycles. The van der Waals surface area contributed by atoms with Gasteiger partial charge in [0, 0.05) is 0 Å². The zero-order chi connectivity index (χ0) is 16.5. The topological polar surface area (TPSA) is 143 Å². The number of phenolic OH excluding ortho intramolecular Hbond substituents is 1. The second-order valence-electron chi connectivity index (χ2n) is 3.94. The summed E-state index contributed by atoms with van der Waals surface area (Å²) < 4.78 is 46.7. The van der Waals surface area contributed by atoms with Crippen LogP contribution in [0.1, 0.15) is 6.92 Å². The molecule has 1 unspecified atom stereocenters. The van der Waals surface area contributed by atoms with Crippen LogP contribution in [0.2, 0.25) is 5.02 Å². The van der Waals surface area contributed by atoms with Gasteiger partial charge in [-0.3, -0.25) is 0 Å². The molecule has 120 valence electrons. The fourth-order valence-electron chi connectivity index (χ4n) is 1.61. The summed E-state index contributed by atoms with van der Waals surface area (Å²) in [5, 5.41) is 17.4. The van der Waals surface area contributed by atoms with E-state index >= 15 is 0 Å². The Morgan fingerprint density at radius 2 is 2.14 bits per heavy atom. The van der Waals surface area contributed by atoms with Gasteiger partial charge in [0.05, 0.1) is 17.3 Å². The molecule has 12 heteroatoms. The molecule has 0 spiro atoms. The van der Waals surface area contributed by atoms with Gasteiger partial charge in [0.2, 0.25) is 15.9 Å². The third kappa shape index (κ3) is 3.38. The maximum atomic E-state index is 11.5. The number of nitrogens with one attached hydrogen (secondary N) is 1. The van der Waals surface area contributed by atoms with Crippen LogP contribution >= 0.6 is 11.6 Å². The van der Waals surface area contributed by atoms with Crippen molar-refractivity contribution >= 4 is 50.2 Å². The number of benzene rings is 1. The van der Waals surface area contributed by atoms with Crippen molar-refractivity contribution in [1.82, 2.24) is 0 Å². The molecule has 1 atom stereocenters. The summed E-state index contributed by atoms with van der Waals surface area (Å²) in [4.78, 5) is -0.631. The maximum absolute atomic E-state index is 11.5. The molecule has 22 heavy (non-hydrogen) atoms. The van der Waals surface area contributed by atoms with Crippen molar-refractivity contribution in [3.05, 3.63) is 17.2 Å². The highest BCUT2D eigenvalue weighted by Gasteiger charge is 2.25. The lowest BCUT2D eigenvalue weighted by atomic mass is 10.3. The normalized spacial score (nSPS) is 17.9. The van der Waals surface area contributed by atoms with E-state index in [1.807, 2.05) is 0 Å². The minimum Gasteiger partial charge on any atom is -0.504 e. The van der Waals surface area contributed by atoms with E-state index in [0.29, 0.717) is 0 Å². The summed E-state index contributed by atoms with van der Waals surface area (Å²) in [6.45, 7) is 1.95. The van der Waals surface area contributed by atoms with Crippen LogP contribution in [0.25, 0.3) is 0 Å². The lowest BCUT2D eigenvalue weighted by Crippen LogP contribution is -2.23. The smallest absolute Gasteiger partial charge is 0.271 e. The monoisotopic (exact) mass is 366 g/mol. The van der Waals surface area contributed by atoms with Gasteiger partial charge in [-0.2, -0.15) is 0 Å². The van der Waals surface area contributed by atoms with Crippen molar-refractivity contribution in [2.24, 2.45) is 13.9 Å². The van der Waals surface area contributed by atoms with Gasteiger partial charge in [0.25, 0.3) is 17.1 Å². The fourth-order valence-corrected chi connectivity index (χ4v) is 3.40. The average Bonchev–Trinajstić information content (AvgIpc) is 2.72. The Kier molecular flexibility index (Phi) is 4.70. The molecule has 4 N–H and O–H groups in total. The maximum Gasteiger partial charge on any atom is 0.271 e. The molecule has 0 radical (unpaired) electrons. The number of nitrogens with two attached hydrogens (primary N) is 1. The molecule has 0 aliphatic carbocycles. The summed E-state index contributed by atoms with van der Waals surface area (Å²) in [6, 6.07) is 2.53. The molecular formula is C10H11ClN4O5S2. The molecule has 0 aromatic heterocycles. The molecule has 1 aromatic carbocycles. The number of amidine groups is 1. The fraction of sp³-hybridized carbons (Fsp3) is 0.200. The SMILES string of the molecule is CCOC1=NS(=O)N=C1Nc1ccc(Cl)c(S(N)(=O)=O)c1O. The first-order valence-corrected chi connectivity index (χ1v) is 8.76. The Morgan fingerprint density at radius 3 is 2.73 bits per heavy atom. The van der Waals surface area contributed by atoms with Crippen LogP contribution in [0.3, 0.4) is 0 Å². The Bertz CT molecular complexity index is 806. The van der Waals surface area contributed by atoms with Gasteiger partial charge in [0.15, 0.2) is 5.75 Å². The predicted octanol–water partition coefficient (Wildman–Crippen LogP) is 0.531. The van der Waals surface area contributed by atoms with Crippen molar-refractivity contribution in [2.75, 3.05) is 11.9 Å². The van der Waals surface area contributed by atoms with Crippen LogP contribution in [0.15, 0.2) is 25.8 Å². The van der Waals surface area contributed by atoms with Gasteiger partial charge < -0.3 is 15.2 Å². The van der Waals surface area contributed by atoms with E-state index in [0.717, 1.165) is 0 Å². The van der Waals surface area contributed by atoms with Crippen LogP contribution in [-0.2, 0) is 25.9 Å². The number of sulfonamides is 1. The summed E-state index contributed by atoms with van der Waals surface area (Å²) in [7, 11) is -4.24. The van der Waals surface area contributed by atoms with Crippen LogP contribution in [0.4, 0.5) is 5.69 Å². The van der Waals surface area contributed by atoms with Gasteiger partial charge in [-0.25, -0.2) is 17.8 Å². The third-order valence-corrected chi connectivity index (χ3v) is 4.51. The number of aromatic hydroxyl groups is 1. The van der Waals surface area contributed by atoms with Crippen molar-refractivity contribution in [3.63, 3.8) is 0 Å². The first-order valence-electron chi connectivity index (χ1n) is 5.78. The summed E-state index contributed by atoms with van der Waals surface area (Å²) in [5.74, 6) is -0.725. The molecule has 2 rings (SSSR count). The number of rotatable bonds is 3. The van der Waals surface area contributed by atoms with Crippen molar-refractivity contribution < 1.29 is 22.5 Å². The molecule has 9 nitrogen and oxygen atoms in total. The van der Waals surface area contributed by atoms with Gasteiger partial charge in [-0.1, -0.05) is 11.6 Å². The molecule has 0 saturated heterocycles. The molecule has 0 bridgehead atoms. The average molecular weight is 367 g/mol. The van der Waals surface area contributed by atoms with Crippen molar-refractivity contribution in [1.29, 1.82) is 0 Å². The van der Waals surface area contributed by atoms with E-state index in [1.165, 1.54) is 12.1 Å². The van der Waals surface area contributed by atoms with Crippen LogP contribution in [0, 0.1) is 0 Å². The summed E-state index contributed by atoms with van der Waals surface area (Å²) in [6.07, 6.45) is 0.